The monoisotopic (exact) mass is 407 g/mol. The second-order valence-electron chi connectivity index (χ2n) is 5.22. The van der Waals surface area contributed by atoms with Gasteiger partial charge in [-0.15, -0.1) is 11.8 Å². The Kier molecular flexibility index (Phi) is 5.87. The second-order valence-corrected chi connectivity index (χ2v) is 9.08. The first-order chi connectivity index (χ1) is 12.0. The number of nitrogen functional groups attached to an aromatic ring is 1. The highest BCUT2D eigenvalue weighted by Crippen LogP contribution is 2.59. The summed E-state index contributed by atoms with van der Waals surface area (Å²) in [5, 5.41) is -0.437. The van der Waals surface area contributed by atoms with Crippen molar-refractivity contribution in [2.45, 2.75) is 31.7 Å². The summed E-state index contributed by atoms with van der Waals surface area (Å²) in [7, 11) is -3.31. The molecule has 2 aromatic rings. The van der Waals surface area contributed by atoms with Crippen LogP contribution in [0.25, 0.3) is 11.2 Å². The summed E-state index contributed by atoms with van der Waals surface area (Å²) in [5.41, 5.74) is 6.67. The fraction of sp³-hybridized carbons (Fsp3) is 0.615. The molecule has 0 spiro atoms. The summed E-state index contributed by atoms with van der Waals surface area (Å²) in [6.07, 6.45) is 1.41. The Morgan fingerprint density at radius 2 is 2.16 bits per heavy atom. The highest BCUT2D eigenvalue weighted by molar-refractivity contribution is 8.05. The summed E-state index contributed by atoms with van der Waals surface area (Å²) in [5.74, 6) is 0.721. The first-order valence-corrected chi connectivity index (χ1v) is 10.8. The highest BCUT2D eigenvalue weighted by Gasteiger charge is 2.43. The minimum atomic E-state index is -3.31. The van der Waals surface area contributed by atoms with Crippen molar-refractivity contribution in [2.75, 3.05) is 24.7 Å². The number of nitrogens with zero attached hydrogens (tertiary/aromatic N) is 4. The van der Waals surface area contributed by atoms with Crippen molar-refractivity contribution >= 4 is 48.1 Å². The minimum Gasteiger partial charge on any atom is -0.368 e. The van der Waals surface area contributed by atoms with E-state index in [0.29, 0.717) is 36.7 Å². The van der Waals surface area contributed by atoms with Crippen molar-refractivity contribution in [2.24, 2.45) is 0 Å². The van der Waals surface area contributed by atoms with Crippen LogP contribution in [0.1, 0.15) is 13.8 Å². The normalized spacial score (nSPS) is 21.2. The quantitative estimate of drug-likeness (QED) is 0.546. The van der Waals surface area contributed by atoms with E-state index in [-0.39, 0.29) is 17.2 Å². The van der Waals surface area contributed by atoms with Gasteiger partial charge in [0.15, 0.2) is 10.8 Å². The van der Waals surface area contributed by atoms with Gasteiger partial charge in [0, 0.05) is 5.75 Å². The third-order valence-electron chi connectivity index (χ3n) is 3.45. The lowest BCUT2D eigenvalue weighted by Gasteiger charge is -2.22. The molecule has 0 bridgehead atoms. The van der Waals surface area contributed by atoms with Crippen LogP contribution in [-0.4, -0.2) is 49.8 Å². The maximum absolute atomic E-state index is 12.8. The van der Waals surface area contributed by atoms with Crippen molar-refractivity contribution in [1.82, 2.24) is 19.5 Å². The maximum Gasteiger partial charge on any atom is 0.369 e. The van der Waals surface area contributed by atoms with E-state index in [0.717, 1.165) is 0 Å². The number of aromatic nitrogens is 4. The van der Waals surface area contributed by atoms with Crippen molar-refractivity contribution < 1.29 is 18.3 Å². The summed E-state index contributed by atoms with van der Waals surface area (Å²) >= 11 is 7.45. The van der Waals surface area contributed by atoms with E-state index in [9.17, 15) is 4.57 Å². The largest absolute Gasteiger partial charge is 0.369 e. The van der Waals surface area contributed by atoms with Gasteiger partial charge in [-0.2, -0.15) is 9.97 Å². The molecule has 2 N–H and O–H groups in total. The van der Waals surface area contributed by atoms with Crippen LogP contribution < -0.4 is 5.73 Å². The SMILES string of the molecule is CCOP(=O)(OCC)[C@H]1O[C@@H](Cn2cnc3c(Cl)nc(N)nc32)CS1. The number of ether oxygens (including phenoxy) is 1. The molecule has 12 heteroatoms. The fourth-order valence-electron chi connectivity index (χ4n) is 2.49. The van der Waals surface area contributed by atoms with E-state index in [2.05, 4.69) is 15.0 Å². The van der Waals surface area contributed by atoms with Crippen LogP contribution >= 0.6 is 31.0 Å². The average Bonchev–Trinajstić information content (AvgIpc) is 3.16. The predicted molar refractivity (Wildman–Crippen MR) is 96.7 cm³/mol. The van der Waals surface area contributed by atoms with Crippen LogP contribution in [-0.2, 0) is 24.9 Å². The number of hydrogen-bond donors (Lipinski definition) is 1. The molecule has 2 aromatic heterocycles. The van der Waals surface area contributed by atoms with Crippen molar-refractivity contribution in [3.63, 3.8) is 0 Å². The molecule has 25 heavy (non-hydrogen) atoms. The van der Waals surface area contributed by atoms with E-state index in [1.54, 1.807) is 24.7 Å². The minimum absolute atomic E-state index is 0.0797. The molecule has 9 nitrogen and oxygen atoms in total. The molecule has 0 aromatic carbocycles. The van der Waals surface area contributed by atoms with Crippen molar-refractivity contribution in [3.05, 3.63) is 11.5 Å². The molecular weight excluding hydrogens is 389 g/mol. The standard InChI is InChI=1S/C13H19ClN5O4PS/c1-3-21-24(20,22-4-2)13-23-8(6-25-13)5-19-7-16-9-10(14)17-12(15)18-11(9)19/h7-8,13H,3-6H2,1-2H3,(H2,15,17,18)/t8-,13+/m0/s1. The van der Waals surface area contributed by atoms with Gasteiger partial charge in [0.1, 0.15) is 5.52 Å². The summed E-state index contributed by atoms with van der Waals surface area (Å²) in [6.45, 7) is 4.60. The van der Waals surface area contributed by atoms with E-state index in [1.165, 1.54) is 11.8 Å². The number of imidazole rings is 1. The molecule has 1 aliphatic rings. The van der Waals surface area contributed by atoms with Crippen molar-refractivity contribution in [1.29, 1.82) is 0 Å². The first-order valence-electron chi connectivity index (χ1n) is 7.76. The molecule has 0 radical (unpaired) electrons. The lowest BCUT2D eigenvalue weighted by Crippen LogP contribution is -2.20. The van der Waals surface area contributed by atoms with Gasteiger partial charge in [0.2, 0.25) is 11.1 Å². The molecule has 0 unspecified atom stereocenters. The maximum atomic E-state index is 12.8. The van der Waals surface area contributed by atoms with Crippen LogP contribution in [0.15, 0.2) is 6.33 Å². The Hall–Kier alpha value is -0.900. The molecule has 3 heterocycles. The number of halogens is 1. The van der Waals surface area contributed by atoms with Crippen LogP contribution in [0.3, 0.4) is 0 Å². The van der Waals surface area contributed by atoms with Crippen LogP contribution in [0.2, 0.25) is 5.15 Å². The number of nitrogens with two attached hydrogens (primary N) is 1. The second kappa shape index (κ2) is 7.77. The topological polar surface area (TPSA) is 114 Å². The molecule has 1 aliphatic heterocycles. The molecule has 138 valence electrons. The van der Waals surface area contributed by atoms with Crippen LogP contribution in [0.4, 0.5) is 5.95 Å². The zero-order valence-corrected chi connectivity index (χ0v) is 16.3. The molecule has 1 fully saturated rings. The average molecular weight is 408 g/mol. The number of hydrogen-bond acceptors (Lipinski definition) is 9. The highest BCUT2D eigenvalue weighted by atomic mass is 35.5. The van der Waals surface area contributed by atoms with E-state index in [1.807, 2.05) is 0 Å². The Morgan fingerprint density at radius 3 is 2.84 bits per heavy atom. The predicted octanol–water partition coefficient (Wildman–Crippen LogP) is 2.74. The number of rotatable bonds is 7. The Bertz CT molecular complexity index is 796. The lowest BCUT2D eigenvalue weighted by atomic mass is 10.4. The first kappa shape index (κ1) is 18.9. The van der Waals surface area contributed by atoms with Gasteiger partial charge in [-0.1, -0.05) is 11.6 Å². The third kappa shape index (κ3) is 3.94. The van der Waals surface area contributed by atoms with Gasteiger partial charge in [-0.05, 0) is 13.8 Å². The van der Waals surface area contributed by atoms with E-state index in [4.69, 9.17) is 31.1 Å². The zero-order chi connectivity index (χ0) is 18.0. The number of fused-ring (bicyclic) bond motifs is 1. The van der Waals surface area contributed by atoms with Gasteiger partial charge in [-0.3, -0.25) is 4.57 Å². The van der Waals surface area contributed by atoms with Crippen LogP contribution in [0.5, 0.6) is 0 Å². The van der Waals surface area contributed by atoms with Gasteiger partial charge in [0.05, 0.1) is 32.2 Å². The van der Waals surface area contributed by atoms with E-state index < -0.39 is 12.8 Å². The molecule has 0 saturated carbocycles. The Labute approximate surface area is 154 Å². The fourth-order valence-corrected chi connectivity index (χ4v) is 6.22. The molecule has 2 atom stereocenters. The van der Waals surface area contributed by atoms with Gasteiger partial charge < -0.3 is 24.1 Å². The molecule has 3 rings (SSSR count). The van der Waals surface area contributed by atoms with Gasteiger partial charge in [-0.25, -0.2) is 4.98 Å². The smallest absolute Gasteiger partial charge is 0.368 e. The zero-order valence-electron chi connectivity index (χ0n) is 13.8. The molecular formula is C13H19ClN5O4PS. The molecule has 1 saturated heterocycles. The Morgan fingerprint density at radius 1 is 1.44 bits per heavy atom. The van der Waals surface area contributed by atoms with Crippen LogP contribution in [0, 0.1) is 0 Å². The summed E-state index contributed by atoms with van der Waals surface area (Å²) < 4.78 is 31.2. The third-order valence-corrected chi connectivity index (χ3v) is 7.77. The Balaban J connectivity index is 1.74. The van der Waals surface area contributed by atoms with E-state index >= 15 is 0 Å². The number of anilines is 1. The van der Waals surface area contributed by atoms with Gasteiger partial charge >= 0.3 is 7.60 Å². The molecule has 0 amide bonds. The summed E-state index contributed by atoms with van der Waals surface area (Å²) in [4.78, 5) is 12.3. The van der Waals surface area contributed by atoms with Gasteiger partial charge in [0.25, 0.3) is 0 Å². The van der Waals surface area contributed by atoms with Crippen molar-refractivity contribution in [3.8, 4) is 0 Å². The summed E-state index contributed by atoms with van der Waals surface area (Å²) in [6, 6.07) is 0. The number of thioether (sulfide) groups is 1. The lowest BCUT2D eigenvalue weighted by molar-refractivity contribution is 0.0676. The molecule has 0 aliphatic carbocycles.